The van der Waals surface area contributed by atoms with Crippen LogP contribution >= 0.6 is 22.9 Å². The van der Waals surface area contributed by atoms with E-state index in [1.165, 1.54) is 11.3 Å². The number of aromatic nitrogens is 1. The zero-order chi connectivity index (χ0) is 17.1. The van der Waals surface area contributed by atoms with Crippen molar-refractivity contribution in [3.05, 3.63) is 63.5 Å². The average Bonchev–Trinajstić information content (AvgIpc) is 3.18. The number of amides is 1. The molecule has 0 atom stereocenters. The third kappa shape index (κ3) is 3.96. The molecule has 3 rings (SSSR count). The van der Waals surface area contributed by atoms with Crippen LogP contribution < -0.4 is 10.1 Å². The fourth-order valence-corrected chi connectivity index (χ4v) is 2.79. The molecule has 0 bridgehead atoms. The summed E-state index contributed by atoms with van der Waals surface area (Å²) in [6.07, 6.45) is 1.70. The molecule has 0 fully saturated rings. The van der Waals surface area contributed by atoms with Crippen molar-refractivity contribution in [2.75, 3.05) is 5.32 Å². The Morgan fingerprint density at radius 1 is 1.33 bits per heavy atom. The van der Waals surface area contributed by atoms with Crippen LogP contribution in [0.1, 0.15) is 26.8 Å². The molecule has 1 amide bonds. The quantitative estimate of drug-likeness (QED) is 0.705. The van der Waals surface area contributed by atoms with E-state index in [1.54, 1.807) is 30.5 Å². The normalized spacial score (nSPS) is 10.6. The number of halogens is 1. The minimum absolute atomic E-state index is 0.216. The van der Waals surface area contributed by atoms with Gasteiger partial charge in [0, 0.05) is 16.1 Å². The number of furan rings is 1. The van der Waals surface area contributed by atoms with Gasteiger partial charge in [0.2, 0.25) is 0 Å². The number of thiazole rings is 1. The summed E-state index contributed by atoms with van der Waals surface area (Å²) in [5.74, 6) is 1.13. The Balaban J connectivity index is 1.60. The van der Waals surface area contributed by atoms with E-state index in [0.717, 1.165) is 10.4 Å². The SMILES string of the molecule is Cc1cnc(NC(=O)c2ccc(COc3ccc(Cl)c(C)c3)o2)s1. The number of carbonyl (C=O) groups is 1. The third-order valence-electron chi connectivity index (χ3n) is 3.24. The third-order valence-corrected chi connectivity index (χ3v) is 4.49. The van der Waals surface area contributed by atoms with Crippen molar-refractivity contribution in [2.45, 2.75) is 20.5 Å². The number of ether oxygens (including phenoxy) is 1. The van der Waals surface area contributed by atoms with Crippen LogP contribution in [0.2, 0.25) is 5.02 Å². The monoisotopic (exact) mass is 362 g/mol. The molecule has 5 nitrogen and oxygen atoms in total. The van der Waals surface area contributed by atoms with Crippen LogP contribution in [0.4, 0.5) is 5.13 Å². The molecule has 1 N–H and O–H groups in total. The van der Waals surface area contributed by atoms with Gasteiger partial charge in [-0.3, -0.25) is 10.1 Å². The Kier molecular flexibility index (Phi) is 4.87. The van der Waals surface area contributed by atoms with E-state index in [0.29, 0.717) is 21.7 Å². The Labute approximate surface area is 148 Å². The van der Waals surface area contributed by atoms with Gasteiger partial charge in [-0.25, -0.2) is 4.98 Å². The van der Waals surface area contributed by atoms with Gasteiger partial charge in [-0.1, -0.05) is 11.6 Å². The van der Waals surface area contributed by atoms with Gasteiger partial charge in [0.15, 0.2) is 10.9 Å². The van der Waals surface area contributed by atoms with Gasteiger partial charge in [0.25, 0.3) is 5.91 Å². The number of anilines is 1. The maximum atomic E-state index is 12.1. The van der Waals surface area contributed by atoms with Crippen molar-refractivity contribution in [3.63, 3.8) is 0 Å². The first-order valence-electron chi connectivity index (χ1n) is 7.23. The molecule has 2 heterocycles. The topological polar surface area (TPSA) is 64.4 Å². The second kappa shape index (κ2) is 7.07. The molecule has 0 aliphatic rings. The van der Waals surface area contributed by atoms with Crippen molar-refractivity contribution in [1.29, 1.82) is 0 Å². The number of benzene rings is 1. The lowest BCUT2D eigenvalue weighted by Crippen LogP contribution is -2.10. The molecule has 1 aromatic carbocycles. The van der Waals surface area contributed by atoms with Gasteiger partial charge < -0.3 is 9.15 Å². The molecule has 7 heteroatoms. The van der Waals surface area contributed by atoms with Crippen LogP contribution in [-0.4, -0.2) is 10.9 Å². The Morgan fingerprint density at radius 3 is 2.88 bits per heavy atom. The number of hydrogen-bond acceptors (Lipinski definition) is 5. The number of hydrogen-bond donors (Lipinski definition) is 1. The maximum Gasteiger partial charge on any atom is 0.293 e. The molecule has 0 spiro atoms. The fourth-order valence-electron chi connectivity index (χ4n) is 2.01. The minimum atomic E-state index is -0.335. The van der Waals surface area contributed by atoms with E-state index in [1.807, 2.05) is 19.9 Å². The molecule has 3 aromatic rings. The van der Waals surface area contributed by atoms with Gasteiger partial charge in [-0.05, 0) is 49.7 Å². The van der Waals surface area contributed by atoms with Crippen molar-refractivity contribution >= 4 is 34.0 Å². The average molecular weight is 363 g/mol. The zero-order valence-corrected chi connectivity index (χ0v) is 14.7. The summed E-state index contributed by atoms with van der Waals surface area (Å²) in [6, 6.07) is 8.75. The van der Waals surface area contributed by atoms with E-state index >= 15 is 0 Å². The van der Waals surface area contributed by atoms with Crippen LogP contribution in [0, 0.1) is 13.8 Å². The lowest BCUT2D eigenvalue weighted by atomic mass is 10.2. The highest BCUT2D eigenvalue weighted by atomic mass is 35.5. The van der Waals surface area contributed by atoms with E-state index in [-0.39, 0.29) is 18.3 Å². The first-order chi connectivity index (χ1) is 11.5. The Morgan fingerprint density at radius 2 is 2.17 bits per heavy atom. The smallest absolute Gasteiger partial charge is 0.293 e. The molecular formula is C17H15ClN2O3S. The fraction of sp³-hybridized carbons (Fsp3) is 0.176. The van der Waals surface area contributed by atoms with E-state index < -0.39 is 0 Å². The molecule has 24 heavy (non-hydrogen) atoms. The molecule has 0 unspecified atom stereocenters. The van der Waals surface area contributed by atoms with Gasteiger partial charge >= 0.3 is 0 Å². The summed E-state index contributed by atoms with van der Waals surface area (Å²) in [7, 11) is 0. The van der Waals surface area contributed by atoms with Crippen molar-refractivity contribution in [2.24, 2.45) is 0 Å². The zero-order valence-electron chi connectivity index (χ0n) is 13.1. The lowest BCUT2D eigenvalue weighted by Gasteiger charge is -2.06. The Hall–Kier alpha value is -2.31. The van der Waals surface area contributed by atoms with Crippen LogP contribution in [0.5, 0.6) is 5.75 Å². The number of aryl methyl sites for hydroxylation is 2. The van der Waals surface area contributed by atoms with E-state index in [2.05, 4.69) is 10.3 Å². The number of nitrogens with zero attached hydrogens (tertiary/aromatic N) is 1. The lowest BCUT2D eigenvalue weighted by molar-refractivity contribution is 0.0992. The molecule has 0 radical (unpaired) electrons. The van der Waals surface area contributed by atoms with Gasteiger partial charge in [0.1, 0.15) is 18.1 Å². The minimum Gasteiger partial charge on any atom is -0.486 e. The number of rotatable bonds is 5. The van der Waals surface area contributed by atoms with Crippen molar-refractivity contribution in [1.82, 2.24) is 4.98 Å². The van der Waals surface area contributed by atoms with Crippen molar-refractivity contribution < 1.29 is 13.9 Å². The van der Waals surface area contributed by atoms with Gasteiger partial charge in [0.05, 0.1) is 0 Å². The highest BCUT2D eigenvalue weighted by molar-refractivity contribution is 7.15. The number of carbonyl (C=O) groups excluding carboxylic acids is 1. The predicted octanol–water partition coefficient (Wildman–Crippen LogP) is 4.84. The molecule has 0 aliphatic carbocycles. The second-order valence-corrected chi connectivity index (χ2v) is 6.84. The molecule has 0 aliphatic heterocycles. The van der Waals surface area contributed by atoms with Crippen LogP contribution in [-0.2, 0) is 6.61 Å². The van der Waals surface area contributed by atoms with Gasteiger partial charge in [-0.15, -0.1) is 11.3 Å². The standard InChI is InChI=1S/C17H15ClN2O3S/c1-10-7-12(3-5-14(10)18)22-9-13-4-6-15(23-13)16(21)20-17-19-8-11(2)24-17/h3-8H,9H2,1-2H3,(H,19,20,21). The molecule has 2 aromatic heterocycles. The largest absolute Gasteiger partial charge is 0.486 e. The summed E-state index contributed by atoms with van der Waals surface area (Å²) in [6.45, 7) is 4.06. The Bertz CT molecular complexity index is 872. The summed E-state index contributed by atoms with van der Waals surface area (Å²) in [5, 5.41) is 3.94. The summed E-state index contributed by atoms with van der Waals surface area (Å²) >= 11 is 7.39. The summed E-state index contributed by atoms with van der Waals surface area (Å²) in [4.78, 5) is 17.2. The van der Waals surface area contributed by atoms with E-state index in [9.17, 15) is 4.79 Å². The highest BCUT2D eigenvalue weighted by Crippen LogP contribution is 2.22. The molecule has 0 saturated heterocycles. The van der Waals surface area contributed by atoms with Crippen LogP contribution in [0.3, 0.4) is 0 Å². The second-order valence-electron chi connectivity index (χ2n) is 5.20. The first-order valence-corrected chi connectivity index (χ1v) is 8.42. The molecular weight excluding hydrogens is 348 g/mol. The summed E-state index contributed by atoms with van der Waals surface area (Å²) in [5.41, 5.74) is 0.937. The summed E-state index contributed by atoms with van der Waals surface area (Å²) < 4.78 is 11.2. The van der Waals surface area contributed by atoms with Crippen LogP contribution in [0.15, 0.2) is 40.9 Å². The predicted molar refractivity (Wildman–Crippen MR) is 94.0 cm³/mol. The molecule has 0 saturated carbocycles. The molecule has 124 valence electrons. The van der Waals surface area contributed by atoms with Gasteiger partial charge in [-0.2, -0.15) is 0 Å². The highest BCUT2D eigenvalue weighted by Gasteiger charge is 2.13. The number of nitrogens with one attached hydrogen (secondary N) is 1. The maximum absolute atomic E-state index is 12.1. The van der Waals surface area contributed by atoms with Crippen molar-refractivity contribution in [3.8, 4) is 5.75 Å². The van der Waals surface area contributed by atoms with E-state index in [4.69, 9.17) is 20.8 Å². The first kappa shape index (κ1) is 16.5. The van der Waals surface area contributed by atoms with Crippen LogP contribution in [0.25, 0.3) is 0 Å².